The van der Waals surface area contributed by atoms with Crippen molar-refractivity contribution in [2.75, 3.05) is 0 Å². The van der Waals surface area contributed by atoms with Crippen LogP contribution in [0.1, 0.15) is 29.7 Å². The number of fused-ring (bicyclic) bond motifs is 10. The Hall–Kier alpha value is -5.76. The average Bonchev–Trinajstić information content (AvgIpc) is 3.88. The lowest BCUT2D eigenvalue weighted by atomic mass is 9.99. The molecule has 0 saturated carbocycles. The third kappa shape index (κ3) is 4.51. The van der Waals surface area contributed by atoms with Crippen LogP contribution < -0.4 is 10.6 Å². The molecular formula is C45H31N4OS-. The average molecular weight is 676 g/mol. The number of hydrogen-bond donors (Lipinski definition) is 2. The summed E-state index contributed by atoms with van der Waals surface area (Å²) >= 11 is 1.80. The van der Waals surface area contributed by atoms with Crippen LogP contribution in [0.5, 0.6) is 0 Å². The molecule has 244 valence electrons. The SMILES string of the molecule is c1ccc(-c2cccc3oc4c(ccc5c6ccc(C7[N-]C(n8c9ccccc9c9ccccc98)NC(c8ccccc8)N7)cc6sc54)c23)cc1. The molecule has 0 amide bonds. The maximum atomic E-state index is 6.66. The molecule has 1 aliphatic rings. The van der Waals surface area contributed by atoms with E-state index in [-0.39, 0.29) is 18.6 Å². The summed E-state index contributed by atoms with van der Waals surface area (Å²) in [7, 11) is 0. The Bertz CT molecular complexity index is 2870. The molecule has 1 fully saturated rings. The van der Waals surface area contributed by atoms with Gasteiger partial charge < -0.3 is 19.6 Å². The fourth-order valence-corrected chi connectivity index (χ4v) is 9.36. The van der Waals surface area contributed by atoms with Crippen LogP contribution in [-0.2, 0) is 0 Å². The Balaban J connectivity index is 1.04. The number of thiophene rings is 1. The summed E-state index contributed by atoms with van der Waals surface area (Å²) in [5, 5.41) is 20.4. The van der Waals surface area contributed by atoms with Crippen LogP contribution in [0.25, 0.3) is 80.4 Å². The zero-order valence-electron chi connectivity index (χ0n) is 27.5. The molecule has 7 aromatic carbocycles. The number of para-hydroxylation sites is 2. The van der Waals surface area contributed by atoms with Crippen molar-refractivity contribution in [3.8, 4) is 11.1 Å². The van der Waals surface area contributed by atoms with Crippen molar-refractivity contribution >= 4 is 75.3 Å². The maximum Gasteiger partial charge on any atom is 0.153 e. The van der Waals surface area contributed by atoms with Crippen molar-refractivity contribution in [1.29, 1.82) is 0 Å². The first-order chi connectivity index (χ1) is 25.3. The number of nitrogens with zero attached hydrogens (tertiary/aromatic N) is 2. The Morgan fingerprint density at radius 3 is 2.04 bits per heavy atom. The van der Waals surface area contributed by atoms with Gasteiger partial charge in [0.15, 0.2) is 5.58 Å². The first-order valence-electron chi connectivity index (χ1n) is 17.4. The van der Waals surface area contributed by atoms with Crippen molar-refractivity contribution in [1.82, 2.24) is 15.2 Å². The van der Waals surface area contributed by atoms with Crippen molar-refractivity contribution in [2.24, 2.45) is 0 Å². The molecule has 0 bridgehead atoms. The number of rotatable bonds is 4. The monoisotopic (exact) mass is 675 g/mol. The molecule has 1 saturated heterocycles. The normalized spacial score (nSPS) is 18.2. The highest BCUT2D eigenvalue weighted by molar-refractivity contribution is 7.26. The highest BCUT2D eigenvalue weighted by atomic mass is 32.1. The molecule has 3 atom stereocenters. The first-order valence-corrected chi connectivity index (χ1v) is 18.2. The highest BCUT2D eigenvalue weighted by Crippen LogP contribution is 2.46. The van der Waals surface area contributed by atoms with Crippen LogP contribution in [0.3, 0.4) is 0 Å². The van der Waals surface area contributed by atoms with Gasteiger partial charge in [0.05, 0.1) is 10.9 Å². The summed E-state index contributed by atoms with van der Waals surface area (Å²) in [6.07, 6.45) is -0.639. The third-order valence-corrected chi connectivity index (χ3v) is 11.6. The second kappa shape index (κ2) is 11.4. The van der Waals surface area contributed by atoms with E-state index in [0.717, 1.165) is 33.1 Å². The minimum Gasteiger partial charge on any atom is -0.610 e. The van der Waals surface area contributed by atoms with Crippen LogP contribution >= 0.6 is 11.3 Å². The van der Waals surface area contributed by atoms with E-state index in [1.54, 1.807) is 11.3 Å². The largest absolute Gasteiger partial charge is 0.610 e. The van der Waals surface area contributed by atoms with Crippen LogP contribution in [0.15, 0.2) is 162 Å². The Morgan fingerprint density at radius 1 is 0.569 bits per heavy atom. The summed E-state index contributed by atoms with van der Waals surface area (Å²) in [4.78, 5) is 0. The molecule has 2 N–H and O–H groups in total. The quantitative estimate of drug-likeness (QED) is 0.195. The van der Waals surface area contributed by atoms with Gasteiger partial charge in [-0.05, 0) is 53.3 Å². The van der Waals surface area contributed by atoms with Gasteiger partial charge in [-0.25, -0.2) is 0 Å². The number of benzene rings is 7. The van der Waals surface area contributed by atoms with Crippen LogP contribution in [0.4, 0.5) is 0 Å². The van der Waals surface area contributed by atoms with Gasteiger partial charge in [-0.2, -0.15) is 0 Å². The topological polar surface area (TPSA) is 56.2 Å². The third-order valence-electron chi connectivity index (χ3n) is 10.5. The predicted octanol–water partition coefficient (Wildman–Crippen LogP) is 12.1. The van der Waals surface area contributed by atoms with Gasteiger partial charge in [0.25, 0.3) is 0 Å². The van der Waals surface area contributed by atoms with Crippen molar-refractivity contribution in [3.05, 3.63) is 174 Å². The molecule has 0 radical (unpaired) electrons. The summed E-state index contributed by atoms with van der Waals surface area (Å²) in [6, 6.07) is 56.1. The number of furan rings is 1. The van der Waals surface area contributed by atoms with Gasteiger partial charge in [-0.15, -0.1) is 11.3 Å². The molecule has 11 rings (SSSR count). The molecule has 6 heteroatoms. The highest BCUT2D eigenvalue weighted by Gasteiger charge is 2.25. The van der Waals surface area contributed by atoms with Crippen molar-refractivity contribution in [2.45, 2.75) is 18.6 Å². The molecule has 0 spiro atoms. The zero-order chi connectivity index (χ0) is 33.5. The number of aromatic nitrogens is 1. The van der Waals surface area contributed by atoms with E-state index in [4.69, 9.17) is 9.73 Å². The molecule has 5 nitrogen and oxygen atoms in total. The lowest BCUT2D eigenvalue weighted by Crippen LogP contribution is -2.46. The van der Waals surface area contributed by atoms with Crippen LogP contribution in [0.2, 0.25) is 0 Å². The molecule has 3 unspecified atom stereocenters. The minimum atomic E-state index is -0.293. The predicted molar refractivity (Wildman–Crippen MR) is 212 cm³/mol. The molecule has 0 aliphatic carbocycles. The van der Waals surface area contributed by atoms with E-state index in [1.807, 2.05) is 0 Å². The molecule has 4 heterocycles. The van der Waals surface area contributed by atoms with Gasteiger partial charge in [-0.3, -0.25) is 5.32 Å². The summed E-state index contributed by atoms with van der Waals surface area (Å²) in [5.41, 5.74) is 8.89. The smallest absolute Gasteiger partial charge is 0.153 e. The number of hydrogen-bond acceptors (Lipinski definition) is 4. The maximum absolute atomic E-state index is 6.66. The molecule has 3 aromatic heterocycles. The Morgan fingerprint density at radius 2 is 1.25 bits per heavy atom. The molecule has 51 heavy (non-hydrogen) atoms. The molecular weight excluding hydrogens is 645 g/mol. The molecule has 10 aromatic rings. The lowest BCUT2D eigenvalue weighted by molar-refractivity contribution is 0.275. The van der Waals surface area contributed by atoms with Gasteiger partial charge in [-0.1, -0.05) is 139 Å². The van der Waals surface area contributed by atoms with E-state index in [1.165, 1.54) is 53.0 Å². The number of nitrogens with one attached hydrogen (secondary N) is 2. The van der Waals surface area contributed by atoms with Gasteiger partial charge in [0.2, 0.25) is 0 Å². The standard InChI is InChI=1S/C45H31N4OS/c1-3-12-27(13-4-1)30-18-11-21-38-40(30)35-25-24-34-33-23-22-29(26-39(33)51-42(34)41(35)50-38)44-46-43(28-14-5-2-6-15-28)47-45(48-44)49-36-19-9-7-16-31(36)32-17-8-10-20-37(32)49/h1-26,43-47H/q-1. The summed E-state index contributed by atoms with van der Waals surface area (Å²) in [6.45, 7) is 0. The fraction of sp³-hybridized carbons (Fsp3) is 0.0667. The zero-order valence-corrected chi connectivity index (χ0v) is 28.3. The second-order valence-electron chi connectivity index (χ2n) is 13.3. The lowest BCUT2D eigenvalue weighted by Gasteiger charge is -2.51. The van der Waals surface area contributed by atoms with E-state index >= 15 is 0 Å². The second-order valence-corrected chi connectivity index (χ2v) is 14.4. The van der Waals surface area contributed by atoms with Gasteiger partial charge >= 0.3 is 0 Å². The van der Waals surface area contributed by atoms with Crippen LogP contribution in [-0.4, -0.2) is 4.57 Å². The van der Waals surface area contributed by atoms with Crippen molar-refractivity contribution in [3.63, 3.8) is 0 Å². The fourth-order valence-electron chi connectivity index (χ4n) is 8.12. The van der Waals surface area contributed by atoms with Gasteiger partial charge in [0.1, 0.15) is 5.58 Å². The molecule has 1 aliphatic heterocycles. The van der Waals surface area contributed by atoms with E-state index in [2.05, 4.69) is 173 Å². The van der Waals surface area contributed by atoms with E-state index in [9.17, 15) is 0 Å². The minimum absolute atomic E-state index is 0.106. The van der Waals surface area contributed by atoms with E-state index < -0.39 is 0 Å². The summed E-state index contributed by atoms with van der Waals surface area (Å²) in [5.74, 6) is 0. The van der Waals surface area contributed by atoms with Gasteiger partial charge in [0, 0.05) is 48.1 Å². The Labute approximate surface area is 297 Å². The van der Waals surface area contributed by atoms with E-state index in [0.29, 0.717) is 0 Å². The summed E-state index contributed by atoms with van der Waals surface area (Å²) < 4.78 is 11.4. The first kappa shape index (κ1) is 29.0. The van der Waals surface area contributed by atoms with Crippen molar-refractivity contribution < 1.29 is 4.42 Å². The van der Waals surface area contributed by atoms with Crippen LogP contribution in [0, 0.1) is 0 Å². The Kier molecular flexibility index (Phi) is 6.48.